The van der Waals surface area contributed by atoms with Gasteiger partial charge in [-0.25, -0.2) is 4.79 Å². The molecule has 1 aromatic carbocycles. The molecule has 5 heteroatoms. The first-order chi connectivity index (χ1) is 9.90. The summed E-state index contributed by atoms with van der Waals surface area (Å²) >= 11 is 1.70. The maximum absolute atomic E-state index is 12.3. The minimum Gasteiger partial charge on any atom is -0.478 e. The summed E-state index contributed by atoms with van der Waals surface area (Å²) in [6, 6.07) is 5.48. The van der Waals surface area contributed by atoms with Crippen LogP contribution in [0.25, 0.3) is 6.08 Å². The lowest BCUT2D eigenvalue weighted by Gasteiger charge is -2.21. The van der Waals surface area contributed by atoms with E-state index >= 15 is 0 Å². The second-order valence-corrected chi connectivity index (χ2v) is 6.98. The number of aliphatic carboxylic acids is 1. The molecule has 2 rings (SSSR count). The molecular weight excluding hydrogens is 286 g/mol. The Kier molecular flexibility index (Phi) is 4.73. The van der Waals surface area contributed by atoms with E-state index in [4.69, 9.17) is 5.11 Å². The lowest BCUT2D eigenvalue weighted by molar-refractivity contribution is -0.131. The second kappa shape index (κ2) is 6.35. The van der Waals surface area contributed by atoms with Crippen LogP contribution in [0.2, 0.25) is 0 Å². The van der Waals surface area contributed by atoms with Crippen molar-refractivity contribution in [3.8, 4) is 0 Å². The first kappa shape index (κ1) is 15.6. The van der Waals surface area contributed by atoms with E-state index in [-0.39, 0.29) is 10.7 Å². The molecule has 2 N–H and O–H groups in total. The molecule has 112 valence electrons. The Hall–Kier alpha value is -1.75. The van der Waals surface area contributed by atoms with E-state index in [2.05, 4.69) is 5.32 Å². The van der Waals surface area contributed by atoms with Crippen LogP contribution < -0.4 is 5.32 Å². The highest BCUT2D eigenvalue weighted by Gasteiger charge is 2.37. The number of hydrogen-bond acceptors (Lipinski definition) is 3. The topological polar surface area (TPSA) is 66.4 Å². The van der Waals surface area contributed by atoms with Crippen molar-refractivity contribution in [1.29, 1.82) is 0 Å². The SMILES string of the molecule is Cc1cc(NC(=O)C2(C)CCCS2)ccc1/C=C/C(=O)O. The summed E-state index contributed by atoms with van der Waals surface area (Å²) in [7, 11) is 0. The molecule has 0 aromatic heterocycles. The van der Waals surface area contributed by atoms with Gasteiger partial charge in [-0.05, 0) is 61.8 Å². The highest BCUT2D eigenvalue weighted by molar-refractivity contribution is 8.01. The third-order valence-corrected chi connectivity index (χ3v) is 5.15. The van der Waals surface area contributed by atoms with E-state index in [1.807, 2.05) is 26.0 Å². The monoisotopic (exact) mass is 305 g/mol. The number of carboxylic acids is 1. The maximum atomic E-state index is 12.3. The average Bonchev–Trinajstić information content (AvgIpc) is 2.86. The van der Waals surface area contributed by atoms with Crippen molar-refractivity contribution in [3.05, 3.63) is 35.4 Å². The number of anilines is 1. The molecule has 1 fully saturated rings. The number of rotatable bonds is 4. The van der Waals surface area contributed by atoms with Gasteiger partial charge in [0.15, 0.2) is 0 Å². The van der Waals surface area contributed by atoms with Gasteiger partial charge in [0.2, 0.25) is 5.91 Å². The molecule has 1 amide bonds. The quantitative estimate of drug-likeness (QED) is 0.838. The van der Waals surface area contributed by atoms with Crippen LogP contribution in [0, 0.1) is 6.92 Å². The predicted molar refractivity (Wildman–Crippen MR) is 86.6 cm³/mol. The molecule has 4 nitrogen and oxygen atoms in total. The smallest absolute Gasteiger partial charge is 0.328 e. The van der Waals surface area contributed by atoms with E-state index in [9.17, 15) is 9.59 Å². The normalized spacial score (nSPS) is 21.6. The van der Waals surface area contributed by atoms with Gasteiger partial charge >= 0.3 is 5.97 Å². The lowest BCUT2D eigenvalue weighted by atomic mass is 10.0. The number of carbonyl (C=O) groups excluding carboxylic acids is 1. The van der Waals surface area contributed by atoms with Crippen LogP contribution in [0.1, 0.15) is 30.9 Å². The molecule has 0 bridgehead atoms. The molecule has 0 radical (unpaired) electrons. The number of carboxylic acid groups (broad SMARTS) is 1. The number of thioether (sulfide) groups is 1. The van der Waals surface area contributed by atoms with Gasteiger partial charge in [0, 0.05) is 11.8 Å². The fraction of sp³-hybridized carbons (Fsp3) is 0.375. The zero-order valence-electron chi connectivity index (χ0n) is 12.2. The Balaban J connectivity index is 2.10. The summed E-state index contributed by atoms with van der Waals surface area (Å²) in [5.74, 6) is 0.0955. The molecule has 1 saturated heterocycles. The molecule has 0 spiro atoms. The molecule has 0 aliphatic carbocycles. The largest absolute Gasteiger partial charge is 0.478 e. The Bertz CT molecular complexity index is 589. The standard InChI is InChI=1S/C16H19NO3S/c1-11-10-13(6-4-12(11)5-7-14(18)19)17-15(20)16(2)8-3-9-21-16/h4-7,10H,3,8-9H2,1-2H3,(H,17,20)(H,18,19)/b7-5+. The van der Waals surface area contributed by atoms with Gasteiger partial charge in [0.25, 0.3) is 0 Å². The third-order valence-electron chi connectivity index (χ3n) is 3.63. The van der Waals surface area contributed by atoms with Crippen LogP contribution in [-0.4, -0.2) is 27.5 Å². The van der Waals surface area contributed by atoms with Crippen LogP contribution in [0.5, 0.6) is 0 Å². The Morgan fingerprint density at radius 2 is 2.19 bits per heavy atom. The molecule has 1 aromatic rings. The Morgan fingerprint density at radius 3 is 2.76 bits per heavy atom. The van der Waals surface area contributed by atoms with Crippen LogP contribution in [0.4, 0.5) is 5.69 Å². The fourth-order valence-electron chi connectivity index (χ4n) is 2.32. The number of benzene rings is 1. The van der Waals surface area contributed by atoms with E-state index in [1.54, 1.807) is 23.9 Å². The predicted octanol–water partition coefficient (Wildman–Crippen LogP) is 3.32. The molecule has 1 aliphatic heterocycles. The van der Waals surface area contributed by atoms with Crippen LogP contribution in [0.3, 0.4) is 0 Å². The van der Waals surface area contributed by atoms with Crippen LogP contribution >= 0.6 is 11.8 Å². The van der Waals surface area contributed by atoms with Crippen molar-refractivity contribution in [2.24, 2.45) is 0 Å². The van der Waals surface area contributed by atoms with Gasteiger partial charge in [-0.3, -0.25) is 4.79 Å². The van der Waals surface area contributed by atoms with Crippen molar-refractivity contribution in [3.63, 3.8) is 0 Å². The van der Waals surface area contributed by atoms with Crippen molar-refractivity contribution in [2.75, 3.05) is 11.1 Å². The van der Waals surface area contributed by atoms with Gasteiger partial charge in [-0.2, -0.15) is 0 Å². The van der Waals surface area contributed by atoms with Crippen molar-refractivity contribution in [2.45, 2.75) is 31.4 Å². The van der Waals surface area contributed by atoms with Gasteiger partial charge in [-0.1, -0.05) is 6.07 Å². The fourth-order valence-corrected chi connectivity index (χ4v) is 3.53. The summed E-state index contributed by atoms with van der Waals surface area (Å²) in [5.41, 5.74) is 2.50. The van der Waals surface area contributed by atoms with Gasteiger partial charge in [0.1, 0.15) is 0 Å². The lowest BCUT2D eigenvalue weighted by Crippen LogP contribution is -2.34. The zero-order chi connectivity index (χ0) is 15.5. The minimum absolute atomic E-state index is 0.0400. The molecule has 1 unspecified atom stereocenters. The number of amides is 1. The van der Waals surface area contributed by atoms with E-state index in [0.717, 1.165) is 41.5 Å². The summed E-state index contributed by atoms with van der Waals surface area (Å²) in [6.45, 7) is 3.88. The van der Waals surface area contributed by atoms with Gasteiger partial charge in [0.05, 0.1) is 4.75 Å². The summed E-state index contributed by atoms with van der Waals surface area (Å²) in [5, 5.41) is 11.6. The maximum Gasteiger partial charge on any atom is 0.328 e. The molecular formula is C16H19NO3S. The van der Waals surface area contributed by atoms with Crippen molar-refractivity contribution >= 4 is 35.4 Å². The Labute approximate surface area is 128 Å². The number of nitrogens with one attached hydrogen (secondary N) is 1. The molecule has 1 atom stereocenters. The molecule has 1 aliphatic rings. The zero-order valence-corrected chi connectivity index (χ0v) is 13.0. The third kappa shape index (κ3) is 3.88. The van der Waals surface area contributed by atoms with Gasteiger partial charge in [-0.15, -0.1) is 11.8 Å². The number of aryl methyl sites for hydroxylation is 1. The molecule has 21 heavy (non-hydrogen) atoms. The number of hydrogen-bond donors (Lipinski definition) is 2. The highest BCUT2D eigenvalue weighted by Crippen LogP contribution is 2.38. The second-order valence-electron chi connectivity index (χ2n) is 5.38. The first-order valence-electron chi connectivity index (χ1n) is 6.88. The average molecular weight is 305 g/mol. The highest BCUT2D eigenvalue weighted by atomic mass is 32.2. The van der Waals surface area contributed by atoms with Crippen LogP contribution in [0.15, 0.2) is 24.3 Å². The minimum atomic E-state index is -0.974. The summed E-state index contributed by atoms with van der Waals surface area (Å²) in [4.78, 5) is 22.9. The van der Waals surface area contributed by atoms with Crippen molar-refractivity contribution < 1.29 is 14.7 Å². The first-order valence-corrected chi connectivity index (χ1v) is 7.86. The molecule has 1 heterocycles. The van der Waals surface area contributed by atoms with E-state index in [0.29, 0.717) is 0 Å². The van der Waals surface area contributed by atoms with E-state index < -0.39 is 5.97 Å². The van der Waals surface area contributed by atoms with Crippen molar-refractivity contribution in [1.82, 2.24) is 0 Å². The molecule has 0 saturated carbocycles. The van der Waals surface area contributed by atoms with Crippen LogP contribution in [-0.2, 0) is 9.59 Å². The summed E-state index contributed by atoms with van der Waals surface area (Å²) in [6.07, 6.45) is 4.64. The van der Waals surface area contributed by atoms with Gasteiger partial charge < -0.3 is 10.4 Å². The Morgan fingerprint density at radius 1 is 1.43 bits per heavy atom. The summed E-state index contributed by atoms with van der Waals surface area (Å²) < 4.78 is -0.338. The van der Waals surface area contributed by atoms with E-state index in [1.165, 1.54) is 0 Å². The number of carbonyl (C=O) groups is 2.